The SMILES string of the molecule is O=C(O)C1(Nc2ccccc2C(F)(F)F)CCCCC1. The van der Waals surface area contributed by atoms with Crippen LogP contribution in [0.5, 0.6) is 0 Å². The van der Waals surface area contributed by atoms with E-state index in [2.05, 4.69) is 5.32 Å². The van der Waals surface area contributed by atoms with Gasteiger partial charge in [0, 0.05) is 5.69 Å². The first-order chi connectivity index (χ1) is 9.35. The fraction of sp³-hybridized carbons (Fsp3) is 0.500. The highest BCUT2D eigenvalue weighted by atomic mass is 19.4. The molecule has 3 nitrogen and oxygen atoms in total. The van der Waals surface area contributed by atoms with Crippen LogP contribution in [-0.2, 0) is 11.0 Å². The Labute approximate surface area is 114 Å². The molecule has 0 atom stereocenters. The van der Waals surface area contributed by atoms with Gasteiger partial charge in [-0.1, -0.05) is 31.4 Å². The maximum absolute atomic E-state index is 12.9. The predicted octanol–water partition coefficient (Wildman–Crippen LogP) is 3.90. The van der Waals surface area contributed by atoms with Crippen LogP contribution in [0, 0.1) is 0 Å². The van der Waals surface area contributed by atoms with Gasteiger partial charge in [-0.2, -0.15) is 13.2 Å². The molecule has 0 heterocycles. The predicted molar refractivity (Wildman–Crippen MR) is 68.5 cm³/mol. The highest BCUT2D eigenvalue weighted by Crippen LogP contribution is 2.38. The van der Waals surface area contributed by atoms with Crippen LogP contribution in [0.4, 0.5) is 18.9 Å². The van der Waals surface area contributed by atoms with E-state index in [9.17, 15) is 23.1 Å². The largest absolute Gasteiger partial charge is 0.480 e. The van der Waals surface area contributed by atoms with Crippen molar-refractivity contribution in [2.24, 2.45) is 0 Å². The fourth-order valence-corrected chi connectivity index (χ4v) is 2.64. The second kappa shape index (κ2) is 5.34. The van der Waals surface area contributed by atoms with Gasteiger partial charge in [-0.25, -0.2) is 4.79 Å². The number of hydrogen-bond acceptors (Lipinski definition) is 2. The van der Waals surface area contributed by atoms with Crippen molar-refractivity contribution in [3.8, 4) is 0 Å². The van der Waals surface area contributed by atoms with Crippen LogP contribution < -0.4 is 5.32 Å². The quantitative estimate of drug-likeness (QED) is 0.886. The first-order valence-corrected chi connectivity index (χ1v) is 6.53. The van der Waals surface area contributed by atoms with Gasteiger partial charge in [0.25, 0.3) is 0 Å². The molecule has 0 bridgehead atoms. The van der Waals surface area contributed by atoms with Gasteiger partial charge in [0.1, 0.15) is 5.54 Å². The van der Waals surface area contributed by atoms with E-state index in [1.165, 1.54) is 18.2 Å². The average molecular weight is 287 g/mol. The number of alkyl halides is 3. The van der Waals surface area contributed by atoms with Crippen LogP contribution in [0.1, 0.15) is 37.7 Å². The smallest absolute Gasteiger partial charge is 0.418 e. The molecule has 0 aromatic heterocycles. The van der Waals surface area contributed by atoms with Gasteiger partial charge in [0.2, 0.25) is 0 Å². The van der Waals surface area contributed by atoms with Crippen LogP contribution in [0.3, 0.4) is 0 Å². The molecule has 20 heavy (non-hydrogen) atoms. The van der Waals surface area contributed by atoms with E-state index in [1.807, 2.05) is 0 Å². The highest BCUT2D eigenvalue weighted by molar-refractivity contribution is 5.83. The molecule has 110 valence electrons. The molecule has 2 N–H and O–H groups in total. The Hall–Kier alpha value is -1.72. The molecule has 2 rings (SSSR count). The van der Waals surface area contributed by atoms with E-state index in [0.29, 0.717) is 25.7 Å². The summed E-state index contributed by atoms with van der Waals surface area (Å²) in [6.07, 6.45) is -1.50. The van der Waals surface area contributed by atoms with E-state index in [-0.39, 0.29) is 5.69 Å². The number of halogens is 3. The molecule has 1 aliphatic rings. The van der Waals surface area contributed by atoms with E-state index < -0.39 is 23.2 Å². The molecular weight excluding hydrogens is 271 g/mol. The summed E-state index contributed by atoms with van der Waals surface area (Å²) < 4.78 is 38.8. The van der Waals surface area contributed by atoms with Gasteiger partial charge in [-0.15, -0.1) is 0 Å². The molecule has 6 heteroatoms. The number of carboxylic acid groups (broad SMARTS) is 1. The van der Waals surface area contributed by atoms with Crippen molar-refractivity contribution in [3.63, 3.8) is 0 Å². The maximum Gasteiger partial charge on any atom is 0.418 e. The molecule has 1 saturated carbocycles. The topological polar surface area (TPSA) is 49.3 Å². The number of benzene rings is 1. The van der Waals surface area contributed by atoms with Gasteiger partial charge in [-0.3, -0.25) is 0 Å². The standard InChI is InChI=1S/C14H16F3NO2/c15-14(16,17)10-6-2-3-7-11(10)18-13(12(19)20)8-4-1-5-9-13/h2-3,6-7,18H,1,4-5,8-9H2,(H,19,20). The maximum atomic E-state index is 12.9. The molecule has 0 amide bonds. The summed E-state index contributed by atoms with van der Waals surface area (Å²) >= 11 is 0. The third-order valence-corrected chi connectivity index (χ3v) is 3.72. The minimum absolute atomic E-state index is 0.163. The van der Waals surface area contributed by atoms with Gasteiger partial charge < -0.3 is 10.4 Å². The lowest BCUT2D eigenvalue weighted by atomic mass is 9.81. The van der Waals surface area contributed by atoms with Crippen molar-refractivity contribution in [3.05, 3.63) is 29.8 Å². The lowest BCUT2D eigenvalue weighted by Crippen LogP contribution is -2.48. The number of rotatable bonds is 3. The molecular formula is C14H16F3NO2. The minimum Gasteiger partial charge on any atom is -0.480 e. The lowest BCUT2D eigenvalue weighted by molar-refractivity contribution is -0.144. The van der Waals surface area contributed by atoms with Crippen molar-refractivity contribution in [2.75, 3.05) is 5.32 Å². The van der Waals surface area contributed by atoms with Crippen LogP contribution in [0.25, 0.3) is 0 Å². The zero-order chi connectivity index (χ0) is 14.8. The van der Waals surface area contributed by atoms with Crippen molar-refractivity contribution in [1.82, 2.24) is 0 Å². The molecule has 0 saturated heterocycles. The van der Waals surface area contributed by atoms with Crippen molar-refractivity contribution in [1.29, 1.82) is 0 Å². The summed E-state index contributed by atoms with van der Waals surface area (Å²) in [5.74, 6) is -1.09. The van der Waals surface area contributed by atoms with Crippen molar-refractivity contribution >= 4 is 11.7 Å². The van der Waals surface area contributed by atoms with E-state index in [1.54, 1.807) is 0 Å². The zero-order valence-electron chi connectivity index (χ0n) is 10.8. The van der Waals surface area contributed by atoms with E-state index in [4.69, 9.17) is 0 Å². The Balaban J connectivity index is 2.35. The summed E-state index contributed by atoms with van der Waals surface area (Å²) in [6.45, 7) is 0. The third kappa shape index (κ3) is 2.89. The summed E-state index contributed by atoms with van der Waals surface area (Å²) in [5, 5.41) is 12.0. The summed E-state index contributed by atoms with van der Waals surface area (Å²) in [7, 11) is 0. The first-order valence-electron chi connectivity index (χ1n) is 6.53. The van der Waals surface area contributed by atoms with Crippen molar-refractivity contribution in [2.45, 2.75) is 43.8 Å². The van der Waals surface area contributed by atoms with Crippen LogP contribution in [-0.4, -0.2) is 16.6 Å². The van der Waals surface area contributed by atoms with Crippen LogP contribution in [0.2, 0.25) is 0 Å². The Morgan fingerprint density at radius 1 is 1.15 bits per heavy atom. The second-order valence-corrected chi connectivity index (χ2v) is 5.12. The number of anilines is 1. The highest BCUT2D eigenvalue weighted by Gasteiger charge is 2.42. The van der Waals surface area contributed by atoms with Crippen LogP contribution in [0.15, 0.2) is 24.3 Å². The second-order valence-electron chi connectivity index (χ2n) is 5.12. The number of para-hydroxylation sites is 1. The van der Waals surface area contributed by atoms with Gasteiger partial charge in [-0.05, 0) is 25.0 Å². The number of nitrogens with one attached hydrogen (secondary N) is 1. The summed E-state index contributed by atoms with van der Waals surface area (Å²) in [4.78, 5) is 11.5. The fourth-order valence-electron chi connectivity index (χ4n) is 2.64. The van der Waals surface area contributed by atoms with Gasteiger partial charge in [0.15, 0.2) is 0 Å². The molecule has 1 fully saturated rings. The lowest BCUT2D eigenvalue weighted by Gasteiger charge is -2.35. The molecule has 0 radical (unpaired) electrons. The number of hydrogen-bond donors (Lipinski definition) is 2. The normalized spacial score (nSPS) is 18.6. The number of carbonyl (C=O) groups is 1. The van der Waals surface area contributed by atoms with Crippen molar-refractivity contribution < 1.29 is 23.1 Å². The average Bonchev–Trinajstić information content (AvgIpc) is 2.39. The van der Waals surface area contributed by atoms with Gasteiger partial charge in [0.05, 0.1) is 5.56 Å². The zero-order valence-corrected chi connectivity index (χ0v) is 10.8. The van der Waals surface area contributed by atoms with Gasteiger partial charge >= 0.3 is 12.1 Å². The Kier molecular flexibility index (Phi) is 3.92. The molecule has 1 aromatic rings. The number of aliphatic carboxylic acids is 1. The first kappa shape index (κ1) is 14.7. The monoisotopic (exact) mass is 287 g/mol. The Bertz CT molecular complexity index is 493. The Morgan fingerprint density at radius 2 is 1.75 bits per heavy atom. The molecule has 0 aliphatic heterocycles. The molecule has 1 aliphatic carbocycles. The van der Waals surface area contributed by atoms with Crippen LogP contribution >= 0.6 is 0 Å². The minimum atomic E-state index is -4.50. The van der Waals surface area contributed by atoms with E-state index >= 15 is 0 Å². The summed E-state index contributed by atoms with van der Waals surface area (Å²) in [6, 6.07) is 5.00. The van der Waals surface area contributed by atoms with E-state index in [0.717, 1.165) is 12.5 Å². The third-order valence-electron chi connectivity index (χ3n) is 3.72. The Morgan fingerprint density at radius 3 is 2.30 bits per heavy atom. The molecule has 1 aromatic carbocycles. The number of carboxylic acids is 1. The summed E-state index contributed by atoms with van der Waals surface area (Å²) in [5.41, 5.74) is -2.28. The molecule has 0 unspecified atom stereocenters. The molecule has 0 spiro atoms.